The first kappa shape index (κ1) is 11.6. The molecule has 0 aliphatic rings. The minimum Gasteiger partial charge on any atom is -0.324 e. The van der Waals surface area contributed by atoms with Crippen LogP contribution in [0.15, 0.2) is 36.4 Å². The Bertz CT molecular complexity index is 485. The predicted octanol–water partition coefficient (Wildman–Crippen LogP) is 1.80. The summed E-state index contributed by atoms with van der Waals surface area (Å²) in [6.45, 7) is 0.00530. The Morgan fingerprint density at radius 2 is 1.93 bits per heavy atom. The third kappa shape index (κ3) is 2.32. The summed E-state index contributed by atoms with van der Waals surface area (Å²) in [7, 11) is 0. The van der Waals surface area contributed by atoms with Gasteiger partial charge in [0.05, 0.1) is 12.1 Å². The highest BCUT2D eigenvalue weighted by atomic mass is 35.5. The third-order valence-electron chi connectivity index (χ3n) is 2.07. The van der Waals surface area contributed by atoms with Gasteiger partial charge in [0.25, 0.3) is 0 Å². The van der Waals surface area contributed by atoms with Crippen molar-refractivity contribution in [3.8, 4) is 0 Å². The van der Waals surface area contributed by atoms with Crippen molar-refractivity contribution < 1.29 is 4.79 Å². The van der Waals surface area contributed by atoms with E-state index in [0.717, 1.165) is 10.9 Å². The average molecular weight is 223 g/mol. The number of nitrogens with two attached hydrogens (primary N) is 1. The summed E-state index contributed by atoms with van der Waals surface area (Å²) in [6, 6.07) is 11.3. The number of hydrogen-bond acceptors (Lipinski definition) is 3. The number of pyridine rings is 1. The van der Waals surface area contributed by atoms with Crippen LogP contribution in [0.25, 0.3) is 10.9 Å². The second-order valence-electron chi connectivity index (χ2n) is 3.02. The van der Waals surface area contributed by atoms with Crippen molar-refractivity contribution in [3.05, 3.63) is 42.1 Å². The van der Waals surface area contributed by atoms with Gasteiger partial charge in [0.15, 0.2) is 5.78 Å². The molecule has 0 radical (unpaired) electrons. The first-order valence-corrected chi connectivity index (χ1v) is 4.40. The van der Waals surface area contributed by atoms with Crippen LogP contribution in [0.4, 0.5) is 0 Å². The van der Waals surface area contributed by atoms with Gasteiger partial charge in [-0.2, -0.15) is 0 Å². The molecule has 78 valence electrons. The molecule has 2 N–H and O–H groups in total. The maximum atomic E-state index is 11.3. The summed E-state index contributed by atoms with van der Waals surface area (Å²) >= 11 is 0. The molecule has 0 saturated heterocycles. The van der Waals surface area contributed by atoms with Gasteiger partial charge in [-0.25, -0.2) is 4.98 Å². The Morgan fingerprint density at radius 3 is 2.67 bits per heavy atom. The Morgan fingerprint density at radius 1 is 1.20 bits per heavy atom. The lowest BCUT2D eigenvalue weighted by Crippen LogP contribution is -2.14. The van der Waals surface area contributed by atoms with Gasteiger partial charge in [0, 0.05) is 5.39 Å². The molecule has 0 saturated carbocycles. The van der Waals surface area contributed by atoms with E-state index in [1.54, 1.807) is 6.07 Å². The van der Waals surface area contributed by atoms with Crippen molar-refractivity contribution in [3.63, 3.8) is 0 Å². The standard InChI is InChI=1S/C11H10N2O.ClH/c12-7-11(14)10-6-5-8-3-1-2-4-9(8)13-10;/h1-6H,7,12H2;1H. The number of carbonyl (C=O) groups excluding carboxylic acids is 1. The van der Waals surface area contributed by atoms with Crippen molar-refractivity contribution in [1.29, 1.82) is 0 Å². The minimum absolute atomic E-state index is 0. The van der Waals surface area contributed by atoms with Gasteiger partial charge in [-0.3, -0.25) is 4.79 Å². The van der Waals surface area contributed by atoms with Gasteiger partial charge >= 0.3 is 0 Å². The van der Waals surface area contributed by atoms with Crippen molar-refractivity contribution >= 4 is 29.1 Å². The number of benzene rings is 1. The minimum atomic E-state index is -0.129. The fourth-order valence-corrected chi connectivity index (χ4v) is 1.33. The highest BCUT2D eigenvalue weighted by Crippen LogP contribution is 2.11. The normalized spacial score (nSPS) is 9.67. The highest BCUT2D eigenvalue weighted by molar-refractivity contribution is 5.97. The second kappa shape index (κ2) is 4.87. The van der Waals surface area contributed by atoms with Crippen LogP contribution in [0.1, 0.15) is 10.5 Å². The quantitative estimate of drug-likeness (QED) is 0.789. The Kier molecular flexibility index (Phi) is 3.77. The average Bonchev–Trinajstić information content (AvgIpc) is 2.27. The molecule has 0 aliphatic heterocycles. The number of nitrogens with zero attached hydrogens (tertiary/aromatic N) is 1. The lowest BCUT2D eigenvalue weighted by atomic mass is 10.2. The topological polar surface area (TPSA) is 56.0 Å². The summed E-state index contributed by atoms with van der Waals surface area (Å²) in [5, 5.41) is 1.03. The largest absolute Gasteiger partial charge is 0.324 e. The number of ketones is 1. The molecule has 1 heterocycles. The van der Waals surface area contributed by atoms with E-state index >= 15 is 0 Å². The van der Waals surface area contributed by atoms with E-state index < -0.39 is 0 Å². The van der Waals surface area contributed by atoms with Crippen LogP contribution >= 0.6 is 12.4 Å². The van der Waals surface area contributed by atoms with Crippen LogP contribution in [-0.2, 0) is 0 Å². The van der Waals surface area contributed by atoms with Crippen LogP contribution in [0.5, 0.6) is 0 Å². The number of hydrogen-bond donors (Lipinski definition) is 1. The van der Waals surface area contributed by atoms with Crippen molar-refractivity contribution in [2.24, 2.45) is 5.73 Å². The van der Waals surface area contributed by atoms with E-state index in [9.17, 15) is 4.79 Å². The van der Waals surface area contributed by atoms with E-state index in [2.05, 4.69) is 4.98 Å². The number of aromatic nitrogens is 1. The van der Waals surface area contributed by atoms with Gasteiger partial charge in [0.2, 0.25) is 0 Å². The zero-order valence-electron chi connectivity index (χ0n) is 8.01. The first-order valence-electron chi connectivity index (χ1n) is 4.40. The Labute approximate surface area is 93.7 Å². The molecule has 4 heteroatoms. The number of Topliss-reactive ketones (excluding diaryl/α,β-unsaturated/α-hetero) is 1. The molecular weight excluding hydrogens is 212 g/mol. The van der Waals surface area contributed by atoms with Gasteiger partial charge in [0.1, 0.15) is 5.69 Å². The smallest absolute Gasteiger partial charge is 0.194 e. The van der Waals surface area contributed by atoms with E-state index in [1.807, 2.05) is 30.3 Å². The summed E-state index contributed by atoms with van der Waals surface area (Å²) in [6.07, 6.45) is 0. The maximum absolute atomic E-state index is 11.3. The molecule has 3 nitrogen and oxygen atoms in total. The number of fused-ring (bicyclic) bond motifs is 1. The second-order valence-corrected chi connectivity index (χ2v) is 3.02. The number of halogens is 1. The zero-order chi connectivity index (χ0) is 9.97. The molecule has 0 bridgehead atoms. The zero-order valence-corrected chi connectivity index (χ0v) is 8.83. The highest BCUT2D eigenvalue weighted by Gasteiger charge is 2.04. The van der Waals surface area contributed by atoms with Gasteiger partial charge < -0.3 is 5.73 Å². The molecule has 15 heavy (non-hydrogen) atoms. The first-order chi connectivity index (χ1) is 6.81. The maximum Gasteiger partial charge on any atom is 0.194 e. The number of carbonyl (C=O) groups is 1. The summed E-state index contributed by atoms with van der Waals surface area (Å²) in [5.74, 6) is -0.129. The van der Waals surface area contributed by atoms with Crippen LogP contribution in [0.3, 0.4) is 0 Å². The molecule has 0 atom stereocenters. The van der Waals surface area contributed by atoms with Crippen LogP contribution in [0, 0.1) is 0 Å². The van der Waals surface area contributed by atoms with Gasteiger partial charge in [-0.1, -0.05) is 24.3 Å². The number of para-hydroxylation sites is 1. The molecule has 0 unspecified atom stereocenters. The van der Waals surface area contributed by atoms with Crippen molar-refractivity contribution in [1.82, 2.24) is 4.98 Å². The monoisotopic (exact) mass is 222 g/mol. The lowest BCUT2D eigenvalue weighted by molar-refractivity contribution is 0.0997. The molecule has 0 fully saturated rings. The third-order valence-corrected chi connectivity index (χ3v) is 2.07. The summed E-state index contributed by atoms with van der Waals surface area (Å²) < 4.78 is 0. The Balaban J connectivity index is 0.00000112. The van der Waals surface area contributed by atoms with Crippen molar-refractivity contribution in [2.75, 3.05) is 6.54 Å². The van der Waals surface area contributed by atoms with Crippen molar-refractivity contribution in [2.45, 2.75) is 0 Å². The molecule has 0 aliphatic carbocycles. The Hall–Kier alpha value is -1.45. The SMILES string of the molecule is Cl.NCC(=O)c1ccc2ccccc2n1. The lowest BCUT2D eigenvalue weighted by Gasteiger charge is -1.99. The van der Waals surface area contributed by atoms with Gasteiger partial charge in [-0.15, -0.1) is 12.4 Å². The predicted molar refractivity (Wildman–Crippen MR) is 62.4 cm³/mol. The fraction of sp³-hybridized carbons (Fsp3) is 0.0909. The molecule has 1 aromatic heterocycles. The molecular formula is C11H11ClN2O. The van der Waals surface area contributed by atoms with Crippen LogP contribution < -0.4 is 5.73 Å². The van der Waals surface area contributed by atoms with Crippen LogP contribution in [0.2, 0.25) is 0 Å². The van der Waals surface area contributed by atoms with Gasteiger partial charge in [-0.05, 0) is 12.1 Å². The van der Waals surface area contributed by atoms with E-state index in [4.69, 9.17) is 5.73 Å². The van der Waals surface area contributed by atoms with E-state index in [0.29, 0.717) is 5.69 Å². The van der Waals surface area contributed by atoms with E-state index in [-0.39, 0.29) is 24.7 Å². The van der Waals surface area contributed by atoms with Crippen LogP contribution in [-0.4, -0.2) is 17.3 Å². The summed E-state index contributed by atoms with van der Waals surface area (Å²) in [5.41, 5.74) is 6.52. The molecule has 0 spiro atoms. The molecule has 2 rings (SSSR count). The molecule has 1 aromatic carbocycles. The molecule has 0 amide bonds. The van der Waals surface area contributed by atoms with E-state index in [1.165, 1.54) is 0 Å². The fourth-order valence-electron chi connectivity index (χ4n) is 1.33. The summed E-state index contributed by atoms with van der Waals surface area (Å²) in [4.78, 5) is 15.5. The number of rotatable bonds is 2. The molecule has 2 aromatic rings.